The monoisotopic (exact) mass is 144 g/mol. The largest absolute Gasteiger partial charge is 0.345 e. The van der Waals surface area contributed by atoms with E-state index >= 15 is 0 Å². The van der Waals surface area contributed by atoms with E-state index < -0.39 is 5.79 Å². The molecule has 2 heteroatoms. The van der Waals surface area contributed by atoms with E-state index in [9.17, 15) is 0 Å². The summed E-state index contributed by atoms with van der Waals surface area (Å²) in [7, 11) is 0. The molecule has 10 heavy (non-hydrogen) atoms. The van der Waals surface area contributed by atoms with Gasteiger partial charge >= 0.3 is 0 Å². The van der Waals surface area contributed by atoms with Gasteiger partial charge in [-0.25, -0.2) is 0 Å². The number of hydrogen-bond donors (Lipinski definition) is 0. The van der Waals surface area contributed by atoms with Crippen molar-refractivity contribution in [3.05, 3.63) is 0 Å². The van der Waals surface area contributed by atoms with Crippen molar-refractivity contribution in [3.63, 3.8) is 0 Å². The summed E-state index contributed by atoms with van der Waals surface area (Å²) in [6, 6.07) is 0. The van der Waals surface area contributed by atoms with E-state index in [0.717, 1.165) is 0 Å². The highest BCUT2D eigenvalue weighted by Crippen LogP contribution is 2.35. The topological polar surface area (TPSA) is 18.5 Å². The zero-order valence-corrected chi connectivity index (χ0v) is 7.39. The van der Waals surface area contributed by atoms with Crippen LogP contribution in [-0.2, 0) is 9.47 Å². The van der Waals surface area contributed by atoms with Gasteiger partial charge in [-0.3, -0.25) is 0 Å². The summed E-state index contributed by atoms with van der Waals surface area (Å²) in [4.78, 5) is 0. The molecular formula is C8H16O2. The summed E-state index contributed by atoms with van der Waals surface area (Å²) in [5.41, 5.74) is -0.135. The zero-order valence-electron chi connectivity index (χ0n) is 7.39. The standard InChI is InChI=1S/C8H16O2/c1-6-7(2,3)10-8(4,5)9-6/h6H,1-5H3. The maximum absolute atomic E-state index is 5.63. The summed E-state index contributed by atoms with van der Waals surface area (Å²) in [5, 5.41) is 0. The summed E-state index contributed by atoms with van der Waals surface area (Å²) < 4.78 is 11.2. The van der Waals surface area contributed by atoms with Crippen LogP contribution < -0.4 is 0 Å². The molecule has 60 valence electrons. The Hall–Kier alpha value is -0.0800. The van der Waals surface area contributed by atoms with Crippen molar-refractivity contribution in [1.82, 2.24) is 0 Å². The normalized spacial score (nSPS) is 36.3. The molecule has 0 amide bonds. The molecule has 0 radical (unpaired) electrons. The van der Waals surface area contributed by atoms with Crippen LogP contribution in [0.4, 0.5) is 0 Å². The van der Waals surface area contributed by atoms with E-state index in [4.69, 9.17) is 9.47 Å². The molecule has 2 nitrogen and oxygen atoms in total. The molecule has 0 aromatic carbocycles. The molecule has 1 rings (SSSR count). The van der Waals surface area contributed by atoms with Crippen molar-refractivity contribution in [2.75, 3.05) is 0 Å². The Morgan fingerprint density at radius 2 is 1.60 bits per heavy atom. The van der Waals surface area contributed by atoms with Gasteiger partial charge in [-0.1, -0.05) is 0 Å². The lowest BCUT2D eigenvalue weighted by Crippen LogP contribution is -2.30. The molecule has 1 aliphatic heterocycles. The highest BCUT2D eigenvalue weighted by molar-refractivity contribution is 4.85. The van der Waals surface area contributed by atoms with E-state index in [1.54, 1.807) is 0 Å². The minimum Gasteiger partial charge on any atom is -0.345 e. The summed E-state index contributed by atoms with van der Waals surface area (Å²) >= 11 is 0. The second kappa shape index (κ2) is 1.95. The van der Waals surface area contributed by atoms with Crippen molar-refractivity contribution in [2.24, 2.45) is 0 Å². The van der Waals surface area contributed by atoms with Crippen molar-refractivity contribution >= 4 is 0 Å². The Balaban J connectivity index is 2.71. The molecule has 0 N–H and O–H groups in total. The smallest absolute Gasteiger partial charge is 0.164 e. The Labute approximate surface area is 62.5 Å². The molecule has 1 saturated heterocycles. The van der Waals surface area contributed by atoms with Crippen LogP contribution in [0.15, 0.2) is 0 Å². The predicted octanol–water partition coefficient (Wildman–Crippen LogP) is 1.94. The van der Waals surface area contributed by atoms with Gasteiger partial charge in [-0.05, 0) is 34.6 Å². The summed E-state index contributed by atoms with van der Waals surface area (Å²) in [6.07, 6.45) is 0.183. The van der Waals surface area contributed by atoms with Gasteiger partial charge in [0, 0.05) is 0 Å². The fourth-order valence-electron chi connectivity index (χ4n) is 1.31. The van der Waals surface area contributed by atoms with Gasteiger partial charge < -0.3 is 9.47 Å². The summed E-state index contributed by atoms with van der Waals surface area (Å²) in [5.74, 6) is -0.400. The molecule has 1 atom stereocenters. The summed E-state index contributed by atoms with van der Waals surface area (Å²) in [6.45, 7) is 10.0. The molecule has 1 aliphatic rings. The Morgan fingerprint density at radius 1 is 1.10 bits per heavy atom. The zero-order chi connectivity index (χ0) is 7.99. The van der Waals surface area contributed by atoms with Gasteiger partial charge in [0.1, 0.15) is 0 Å². The molecular weight excluding hydrogens is 128 g/mol. The lowest BCUT2D eigenvalue weighted by Gasteiger charge is -2.21. The van der Waals surface area contributed by atoms with Crippen molar-refractivity contribution in [1.29, 1.82) is 0 Å². The molecule has 0 aliphatic carbocycles. The van der Waals surface area contributed by atoms with Crippen LogP contribution in [0.1, 0.15) is 34.6 Å². The average Bonchev–Trinajstić information content (AvgIpc) is 1.73. The van der Waals surface area contributed by atoms with Crippen molar-refractivity contribution in [2.45, 2.75) is 52.1 Å². The van der Waals surface area contributed by atoms with Crippen LogP contribution in [0.3, 0.4) is 0 Å². The fourth-order valence-corrected chi connectivity index (χ4v) is 1.31. The molecule has 0 bridgehead atoms. The molecule has 0 aromatic rings. The van der Waals surface area contributed by atoms with Gasteiger partial charge in [-0.2, -0.15) is 0 Å². The van der Waals surface area contributed by atoms with Crippen molar-refractivity contribution in [3.8, 4) is 0 Å². The Morgan fingerprint density at radius 3 is 1.70 bits per heavy atom. The average molecular weight is 144 g/mol. The minimum absolute atomic E-state index is 0.135. The first-order chi connectivity index (χ1) is 4.33. The molecule has 0 spiro atoms. The first-order valence-corrected chi connectivity index (χ1v) is 3.71. The molecule has 1 heterocycles. The van der Waals surface area contributed by atoms with E-state index in [2.05, 4.69) is 0 Å². The molecule has 1 fully saturated rings. The van der Waals surface area contributed by atoms with Gasteiger partial charge in [0.05, 0.1) is 11.7 Å². The highest BCUT2D eigenvalue weighted by Gasteiger charge is 2.44. The van der Waals surface area contributed by atoms with Crippen LogP contribution >= 0.6 is 0 Å². The molecule has 0 saturated carbocycles. The molecule has 0 aromatic heterocycles. The Bertz CT molecular complexity index is 138. The van der Waals surface area contributed by atoms with Crippen molar-refractivity contribution < 1.29 is 9.47 Å². The number of rotatable bonds is 0. The lowest BCUT2D eigenvalue weighted by atomic mass is 10.0. The van der Waals surface area contributed by atoms with E-state index in [1.165, 1.54) is 0 Å². The minimum atomic E-state index is -0.400. The SMILES string of the molecule is CC1OC(C)(C)OC1(C)C. The maximum atomic E-state index is 5.63. The van der Waals surface area contributed by atoms with Crippen LogP contribution in [0.25, 0.3) is 0 Å². The first kappa shape index (κ1) is 8.02. The molecule has 1 unspecified atom stereocenters. The van der Waals surface area contributed by atoms with Crippen LogP contribution in [-0.4, -0.2) is 17.5 Å². The van der Waals surface area contributed by atoms with Gasteiger partial charge in [0.2, 0.25) is 0 Å². The third-order valence-corrected chi connectivity index (χ3v) is 1.95. The number of ether oxygens (including phenoxy) is 2. The Kier molecular flexibility index (Phi) is 1.57. The quantitative estimate of drug-likeness (QED) is 0.517. The second-order valence-corrected chi connectivity index (χ2v) is 3.87. The number of hydrogen-bond acceptors (Lipinski definition) is 2. The fraction of sp³-hybridized carbons (Fsp3) is 1.00. The van der Waals surface area contributed by atoms with Gasteiger partial charge in [0.15, 0.2) is 5.79 Å². The highest BCUT2D eigenvalue weighted by atomic mass is 16.8. The van der Waals surface area contributed by atoms with E-state index in [0.29, 0.717) is 0 Å². The first-order valence-electron chi connectivity index (χ1n) is 3.71. The van der Waals surface area contributed by atoms with Crippen LogP contribution in [0.2, 0.25) is 0 Å². The predicted molar refractivity (Wildman–Crippen MR) is 39.8 cm³/mol. The van der Waals surface area contributed by atoms with Gasteiger partial charge in [-0.15, -0.1) is 0 Å². The lowest BCUT2D eigenvalue weighted by molar-refractivity contribution is -0.156. The van der Waals surface area contributed by atoms with E-state index in [-0.39, 0.29) is 11.7 Å². The van der Waals surface area contributed by atoms with Gasteiger partial charge in [0.25, 0.3) is 0 Å². The van der Waals surface area contributed by atoms with E-state index in [1.807, 2.05) is 34.6 Å². The third-order valence-electron chi connectivity index (χ3n) is 1.95. The van der Waals surface area contributed by atoms with Crippen LogP contribution in [0, 0.1) is 0 Å². The maximum Gasteiger partial charge on any atom is 0.164 e. The second-order valence-electron chi connectivity index (χ2n) is 3.87. The third kappa shape index (κ3) is 1.32. The van der Waals surface area contributed by atoms with Crippen LogP contribution in [0.5, 0.6) is 0 Å².